The van der Waals surface area contributed by atoms with Gasteiger partial charge in [0.05, 0.1) is 6.10 Å². The summed E-state index contributed by atoms with van der Waals surface area (Å²) in [6, 6.07) is 0.254. The molecular weight excluding hydrogens is 210 g/mol. The van der Waals surface area contributed by atoms with Gasteiger partial charge in [-0.3, -0.25) is 0 Å². The van der Waals surface area contributed by atoms with Gasteiger partial charge in [0.15, 0.2) is 0 Å². The molecule has 4 unspecified atom stereocenters. The monoisotopic (exact) mass is 241 g/mol. The molecule has 0 aliphatic heterocycles. The Kier molecular flexibility index (Phi) is 7.14. The van der Waals surface area contributed by atoms with Crippen molar-refractivity contribution >= 4 is 0 Å². The number of hydrogen-bond acceptors (Lipinski definition) is 2. The number of rotatable bonds is 7. The van der Waals surface area contributed by atoms with Crippen molar-refractivity contribution in [3.05, 3.63) is 0 Å². The summed E-state index contributed by atoms with van der Waals surface area (Å²) < 4.78 is 6.01. The Labute approximate surface area is 107 Å². The molecule has 1 saturated carbocycles. The smallest absolute Gasteiger partial charge is 0.0751 e. The van der Waals surface area contributed by atoms with Crippen molar-refractivity contribution in [2.75, 3.05) is 6.61 Å². The van der Waals surface area contributed by atoms with Gasteiger partial charge in [0.25, 0.3) is 0 Å². The van der Waals surface area contributed by atoms with Crippen LogP contribution in [0.1, 0.15) is 65.7 Å². The van der Waals surface area contributed by atoms with E-state index in [0.717, 1.165) is 18.9 Å². The highest BCUT2D eigenvalue weighted by Gasteiger charge is 2.32. The van der Waals surface area contributed by atoms with Crippen molar-refractivity contribution in [3.63, 3.8) is 0 Å². The Bertz CT molecular complexity index is 183. The second-order valence-corrected chi connectivity index (χ2v) is 5.97. The van der Waals surface area contributed by atoms with E-state index < -0.39 is 0 Å². The van der Waals surface area contributed by atoms with Crippen molar-refractivity contribution in [1.82, 2.24) is 0 Å². The topological polar surface area (TPSA) is 35.2 Å². The summed E-state index contributed by atoms with van der Waals surface area (Å²) in [6.45, 7) is 7.75. The standard InChI is InChI=1S/C15H31NO/c1-4-5-6-7-8-9-17-15-13(3)10-12(2)11-14(15)16/h12-15H,4-11,16H2,1-3H3. The second kappa shape index (κ2) is 8.10. The lowest BCUT2D eigenvalue weighted by molar-refractivity contribution is -0.0296. The van der Waals surface area contributed by atoms with Crippen LogP contribution in [0, 0.1) is 11.8 Å². The van der Waals surface area contributed by atoms with Crippen LogP contribution in [0.25, 0.3) is 0 Å². The summed E-state index contributed by atoms with van der Waals surface area (Å²) in [5.41, 5.74) is 6.20. The van der Waals surface area contributed by atoms with Gasteiger partial charge in [-0.05, 0) is 31.1 Å². The zero-order chi connectivity index (χ0) is 12.7. The highest BCUT2D eigenvalue weighted by Crippen LogP contribution is 2.30. The molecule has 17 heavy (non-hydrogen) atoms. The average Bonchev–Trinajstić information content (AvgIpc) is 2.26. The third-order valence-corrected chi connectivity index (χ3v) is 3.99. The van der Waals surface area contributed by atoms with E-state index in [9.17, 15) is 0 Å². The molecule has 1 aliphatic carbocycles. The minimum Gasteiger partial charge on any atom is -0.376 e. The van der Waals surface area contributed by atoms with Crippen LogP contribution in [0.4, 0.5) is 0 Å². The van der Waals surface area contributed by atoms with Crippen LogP contribution in [-0.4, -0.2) is 18.8 Å². The maximum absolute atomic E-state index is 6.20. The number of unbranched alkanes of at least 4 members (excludes halogenated alkanes) is 4. The highest BCUT2D eigenvalue weighted by atomic mass is 16.5. The van der Waals surface area contributed by atoms with Crippen molar-refractivity contribution in [1.29, 1.82) is 0 Å². The summed E-state index contributed by atoms with van der Waals surface area (Å²) in [5.74, 6) is 1.40. The van der Waals surface area contributed by atoms with Crippen molar-refractivity contribution < 1.29 is 4.74 Å². The number of hydrogen-bond donors (Lipinski definition) is 1. The molecule has 0 bridgehead atoms. The lowest BCUT2D eigenvalue weighted by Crippen LogP contribution is -2.46. The van der Waals surface area contributed by atoms with E-state index in [1.54, 1.807) is 0 Å². The quantitative estimate of drug-likeness (QED) is 0.689. The molecule has 2 nitrogen and oxygen atoms in total. The first kappa shape index (κ1) is 15.0. The normalized spacial score (nSPS) is 33.9. The van der Waals surface area contributed by atoms with Crippen LogP contribution in [0.3, 0.4) is 0 Å². The van der Waals surface area contributed by atoms with E-state index in [4.69, 9.17) is 10.5 Å². The molecule has 1 aliphatic rings. The Morgan fingerprint density at radius 2 is 1.76 bits per heavy atom. The molecule has 0 amide bonds. The zero-order valence-corrected chi connectivity index (χ0v) is 12.0. The van der Waals surface area contributed by atoms with E-state index in [1.165, 1.54) is 38.5 Å². The minimum atomic E-state index is 0.254. The third kappa shape index (κ3) is 5.39. The van der Waals surface area contributed by atoms with Crippen LogP contribution in [0.5, 0.6) is 0 Å². The second-order valence-electron chi connectivity index (χ2n) is 5.97. The van der Waals surface area contributed by atoms with Crippen molar-refractivity contribution in [2.24, 2.45) is 17.6 Å². The largest absolute Gasteiger partial charge is 0.376 e. The Morgan fingerprint density at radius 3 is 2.41 bits per heavy atom. The average molecular weight is 241 g/mol. The molecule has 0 saturated heterocycles. The van der Waals surface area contributed by atoms with Gasteiger partial charge in [-0.2, -0.15) is 0 Å². The minimum absolute atomic E-state index is 0.254. The molecule has 0 aromatic heterocycles. The van der Waals surface area contributed by atoms with Gasteiger partial charge in [0.2, 0.25) is 0 Å². The lowest BCUT2D eigenvalue weighted by atomic mass is 9.78. The molecular formula is C15H31NO. The molecule has 0 radical (unpaired) electrons. The third-order valence-electron chi connectivity index (χ3n) is 3.99. The first-order valence-electron chi connectivity index (χ1n) is 7.52. The highest BCUT2D eigenvalue weighted by molar-refractivity contribution is 4.86. The van der Waals surface area contributed by atoms with Crippen LogP contribution in [0.15, 0.2) is 0 Å². The summed E-state index contributed by atoms with van der Waals surface area (Å²) in [6.07, 6.45) is 9.23. The number of nitrogens with two attached hydrogens (primary N) is 1. The van der Waals surface area contributed by atoms with Gasteiger partial charge in [0, 0.05) is 12.6 Å². The van der Waals surface area contributed by atoms with Crippen LogP contribution < -0.4 is 5.73 Å². The molecule has 1 rings (SSSR count). The summed E-state index contributed by atoms with van der Waals surface area (Å²) in [7, 11) is 0. The summed E-state index contributed by atoms with van der Waals surface area (Å²) >= 11 is 0. The van der Waals surface area contributed by atoms with Gasteiger partial charge < -0.3 is 10.5 Å². The SMILES string of the molecule is CCCCCCCOC1C(C)CC(C)CC1N. The van der Waals surface area contributed by atoms with Gasteiger partial charge in [-0.1, -0.05) is 46.5 Å². The van der Waals surface area contributed by atoms with Crippen molar-refractivity contribution in [2.45, 2.75) is 77.9 Å². The fourth-order valence-corrected chi connectivity index (χ4v) is 3.10. The van der Waals surface area contributed by atoms with Gasteiger partial charge in [0.1, 0.15) is 0 Å². The molecule has 0 spiro atoms. The first-order valence-corrected chi connectivity index (χ1v) is 7.52. The predicted octanol–water partition coefficient (Wildman–Crippen LogP) is 3.74. The molecule has 102 valence electrons. The molecule has 0 heterocycles. The molecule has 2 N–H and O–H groups in total. The number of ether oxygens (including phenoxy) is 1. The predicted molar refractivity (Wildman–Crippen MR) is 74.0 cm³/mol. The Morgan fingerprint density at radius 1 is 1.06 bits per heavy atom. The van der Waals surface area contributed by atoms with E-state index in [1.807, 2.05) is 0 Å². The Balaban J connectivity index is 2.13. The van der Waals surface area contributed by atoms with Gasteiger partial charge >= 0.3 is 0 Å². The van der Waals surface area contributed by atoms with Crippen LogP contribution in [-0.2, 0) is 4.74 Å². The lowest BCUT2D eigenvalue weighted by Gasteiger charge is -2.37. The summed E-state index contributed by atoms with van der Waals surface area (Å²) in [5, 5.41) is 0. The zero-order valence-electron chi connectivity index (χ0n) is 12.0. The van der Waals surface area contributed by atoms with Crippen molar-refractivity contribution in [3.8, 4) is 0 Å². The molecule has 0 aromatic rings. The molecule has 4 atom stereocenters. The maximum Gasteiger partial charge on any atom is 0.0751 e. The fourth-order valence-electron chi connectivity index (χ4n) is 3.10. The van der Waals surface area contributed by atoms with Crippen LogP contribution >= 0.6 is 0 Å². The Hall–Kier alpha value is -0.0800. The first-order chi connectivity index (χ1) is 8.15. The van der Waals surface area contributed by atoms with E-state index in [-0.39, 0.29) is 6.04 Å². The molecule has 2 heteroatoms. The molecule has 0 aromatic carbocycles. The van der Waals surface area contributed by atoms with E-state index in [0.29, 0.717) is 12.0 Å². The van der Waals surface area contributed by atoms with E-state index >= 15 is 0 Å². The fraction of sp³-hybridized carbons (Fsp3) is 1.00. The molecule has 1 fully saturated rings. The van der Waals surface area contributed by atoms with Gasteiger partial charge in [-0.25, -0.2) is 0 Å². The van der Waals surface area contributed by atoms with Crippen LogP contribution in [0.2, 0.25) is 0 Å². The van der Waals surface area contributed by atoms with E-state index in [2.05, 4.69) is 20.8 Å². The summed E-state index contributed by atoms with van der Waals surface area (Å²) in [4.78, 5) is 0. The maximum atomic E-state index is 6.20. The van der Waals surface area contributed by atoms with Gasteiger partial charge in [-0.15, -0.1) is 0 Å².